The molecule has 1 heterocycles. The summed E-state index contributed by atoms with van der Waals surface area (Å²) >= 11 is 0. The Bertz CT molecular complexity index is 552. The number of aromatic nitrogens is 1. The molecule has 1 amide bonds. The van der Waals surface area contributed by atoms with Gasteiger partial charge in [-0.15, -0.1) is 0 Å². The molecule has 1 atom stereocenters. The summed E-state index contributed by atoms with van der Waals surface area (Å²) in [6, 6.07) is 13.5. The smallest absolute Gasteiger partial charge is 0.252 e. The van der Waals surface area contributed by atoms with Gasteiger partial charge in [-0.25, -0.2) is 4.98 Å². The summed E-state index contributed by atoms with van der Waals surface area (Å²) in [5.41, 5.74) is 1.74. The molecule has 0 spiro atoms. The van der Waals surface area contributed by atoms with Crippen LogP contribution in [0.15, 0.2) is 48.7 Å². The molecule has 4 heteroatoms. The van der Waals surface area contributed by atoms with Crippen molar-refractivity contribution in [2.45, 2.75) is 12.8 Å². The van der Waals surface area contributed by atoms with Crippen LogP contribution in [0.2, 0.25) is 0 Å². The van der Waals surface area contributed by atoms with Crippen LogP contribution in [-0.4, -0.2) is 24.5 Å². The van der Waals surface area contributed by atoms with Crippen LogP contribution in [0.4, 0.5) is 0 Å². The summed E-state index contributed by atoms with van der Waals surface area (Å²) < 4.78 is 4.96. The number of carbonyl (C=O) groups is 1. The lowest BCUT2D eigenvalue weighted by atomic mass is 10.0. The number of benzene rings is 1. The number of nitrogens with one attached hydrogen (secondary N) is 1. The van der Waals surface area contributed by atoms with Crippen LogP contribution in [0.3, 0.4) is 0 Å². The van der Waals surface area contributed by atoms with Gasteiger partial charge in [-0.1, -0.05) is 37.3 Å². The molecule has 1 aromatic carbocycles. The quantitative estimate of drug-likeness (QED) is 0.908. The fourth-order valence-corrected chi connectivity index (χ4v) is 1.88. The number of ether oxygens (including phenoxy) is 1. The number of hydrogen-bond acceptors (Lipinski definition) is 3. The Morgan fingerprint density at radius 3 is 2.60 bits per heavy atom. The SMILES string of the molecule is COc1ccc(C(=O)NC[C@@H](C)c2ccccc2)cn1. The molecule has 1 N–H and O–H groups in total. The molecule has 0 fully saturated rings. The number of hydrogen-bond donors (Lipinski definition) is 1. The van der Waals surface area contributed by atoms with Gasteiger partial charge < -0.3 is 10.1 Å². The number of methoxy groups -OCH3 is 1. The van der Waals surface area contributed by atoms with Crippen LogP contribution in [0.1, 0.15) is 28.8 Å². The molecular formula is C16H18N2O2. The van der Waals surface area contributed by atoms with Gasteiger partial charge in [-0.05, 0) is 17.5 Å². The predicted octanol–water partition coefficient (Wildman–Crippen LogP) is 2.62. The highest BCUT2D eigenvalue weighted by atomic mass is 16.5. The lowest BCUT2D eigenvalue weighted by molar-refractivity contribution is 0.0951. The highest BCUT2D eigenvalue weighted by Crippen LogP contribution is 2.13. The van der Waals surface area contributed by atoms with Gasteiger partial charge in [0.05, 0.1) is 12.7 Å². The minimum atomic E-state index is -0.122. The average Bonchev–Trinajstić information content (AvgIpc) is 2.53. The summed E-state index contributed by atoms with van der Waals surface area (Å²) in [5, 5.41) is 2.91. The van der Waals surface area contributed by atoms with Crippen LogP contribution < -0.4 is 10.1 Å². The number of rotatable bonds is 5. The first-order valence-corrected chi connectivity index (χ1v) is 6.54. The van der Waals surface area contributed by atoms with Crippen molar-refractivity contribution in [1.82, 2.24) is 10.3 Å². The first-order valence-electron chi connectivity index (χ1n) is 6.54. The van der Waals surface area contributed by atoms with Crippen LogP contribution in [0.25, 0.3) is 0 Å². The molecule has 0 radical (unpaired) electrons. The van der Waals surface area contributed by atoms with E-state index in [-0.39, 0.29) is 11.8 Å². The normalized spacial score (nSPS) is 11.7. The van der Waals surface area contributed by atoms with E-state index in [1.54, 1.807) is 19.2 Å². The molecule has 0 aliphatic heterocycles. The number of carbonyl (C=O) groups excluding carboxylic acids is 1. The second kappa shape index (κ2) is 6.70. The zero-order valence-corrected chi connectivity index (χ0v) is 11.7. The molecule has 0 unspecified atom stereocenters. The van der Waals surface area contributed by atoms with Crippen LogP contribution in [0.5, 0.6) is 5.88 Å². The molecule has 0 bridgehead atoms. The van der Waals surface area contributed by atoms with E-state index in [4.69, 9.17) is 4.74 Å². The molecule has 20 heavy (non-hydrogen) atoms. The van der Waals surface area contributed by atoms with Crippen molar-refractivity contribution >= 4 is 5.91 Å². The fraction of sp³-hybridized carbons (Fsp3) is 0.250. The van der Waals surface area contributed by atoms with Gasteiger partial charge in [0, 0.05) is 18.8 Å². The fourth-order valence-electron chi connectivity index (χ4n) is 1.88. The van der Waals surface area contributed by atoms with Crippen molar-refractivity contribution in [3.8, 4) is 5.88 Å². The zero-order chi connectivity index (χ0) is 14.4. The van der Waals surface area contributed by atoms with Crippen molar-refractivity contribution in [3.63, 3.8) is 0 Å². The molecule has 2 rings (SSSR count). The summed E-state index contributed by atoms with van der Waals surface area (Å²) in [6.45, 7) is 2.68. The highest BCUT2D eigenvalue weighted by Gasteiger charge is 2.09. The van der Waals surface area contributed by atoms with Gasteiger partial charge in [0.1, 0.15) is 0 Å². The number of nitrogens with zero attached hydrogens (tertiary/aromatic N) is 1. The van der Waals surface area contributed by atoms with E-state index in [0.29, 0.717) is 18.0 Å². The molecule has 0 saturated heterocycles. The Labute approximate surface area is 118 Å². The highest BCUT2D eigenvalue weighted by molar-refractivity contribution is 5.93. The van der Waals surface area contributed by atoms with Gasteiger partial charge in [0.2, 0.25) is 5.88 Å². The Morgan fingerprint density at radius 1 is 1.25 bits per heavy atom. The van der Waals surface area contributed by atoms with E-state index in [9.17, 15) is 4.79 Å². The topological polar surface area (TPSA) is 51.2 Å². The second-order valence-electron chi connectivity index (χ2n) is 4.61. The number of amides is 1. The van der Waals surface area contributed by atoms with Crippen LogP contribution in [-0.2, 0) is 0 Å². The third-order valence-corrected chi connectivity index (χ3v) is 3.15. The maximum absolute atomic E-state index is 12.0. The van der Waals surface area contributed by atoms with E-state index in [1.165, 1.54) is 11.8 Å². The maximum Gasteiger partial charge on any atom is 0.252 e. The van der Waals surface area contributed by atoms with Gasteiger partial charge in [-0.2, -0.15) is 0 Å². The van der Waals surface area contributed by atoms with Gasteiger partial charge in [-0.3, -0.25) is 4.79 Å². The van der Waals surface area contributed by atoms with Gasteiger partial charge >= 0.3 is 0 Å². The van der Waals surface area contributed by atoms with E-state index >= 15 is 0 Å². The van der Waals surface area contributed by atoms with Crippen molar-refractivity contribution < 1.29 is 9.53 Å². The minimum Gasteiger partial charge on any atom is -0.481 e. The third-order valence-electron chi connectivity index (χ3n) is 3.15. The maximum atomic E-state index is 12.0. The molecule has 104 valence electrons. The largest absolute Gasteiger partial charge is 0.481 e. The minimum absolute atomic E-state index is 0.122. The monoisotopic (exact) mass is 270 g/mol. The molecule has 0 aliphatic rings. The lowest BCUT2D eigenvalue weighted by Gasteiger charge is -2.13. The molecule has 1 aromatic heterocycles. The summed E-state index contributed by atoms with van der Waals surface area (Å²) in [4.78, 5) is 16.0. The van der Waals surface area contributed by atoms with E-state index in [2.05, 4.69) is 29.4 Å². The summed E-state index contributed by atoms with van der Waals surface area (Å²) in [5.74, 6) is 0.647. The van der Waals surface area contributed by atoms with E-state index in [1.807, 2.05) is 18.2 Å². The van der Waals surface area contributed by atoms with Crippen molar-refractivity contribution in [2.75, 3.05) is 13.7 Å². The first kappa shape index (κ1) is 14.1. The third kappa shape index (κ3) is 3.57. The van der Waals surface area contributed by atoms with Gasteiger partial charge in [0.15, 0.2) is 0 Å². The summed E-state index contributed by atoms with van der Waals surface area (Å²) in [6.07, 6.45) is 1.52. The van der Waals surface area contributed by atoms with E-state index in [0.717, 1.165) is 0 Å². The Morgan fingerprint density at radius 2 is 2.00 bits per heavy atom. The molecular weight excluding hydrogens is 252 g/mol. The standard InChI is InChI=1S/C16H18N2O2/c1-12(13-6-4-3-5-7-13)10-18-16(19)14-8-9-15(20-2)17-11-14/h3-9,11-12H,10H2,1-2H3,(H,18,19)/t12-/m1/s1. The van der Waals surface area contributed by atoms with Crippen molar-refractivity contribution in [1.29, 1.82) is 0 Å². The average molecular weight is 270 g/mol. The van der Waals surface area contributed by atoms with Gasteiger partial charge in [0.25, 0.3) is 5.91 Å². The second-order valence-corrected chi connectivity index (χ2v) is 4.61. The first-order chi connectivity index (χ1) is 9.70. The molecule has 0 saturated carbocycles. The Kier molecular flexibility index (Phi) is 4.71. The zero-order valence-electron chi connectivity index (χ0n) is 11.7. The Hall–Kier alpha value is -2.36. The van der Waals surface area contributed by atoms with E-state index < -0.39 is 0 Å². The molecule has 0 aliphatic carbocycles. The van der Waals surface area contributed by atoms with Crippen LogP contribution in [0, 0.1) is 0 Å². The molecule has 2 aromatic rings. The summed E-state index contributed by atoms with van der Waals surface area (Å²) in [7, 11) is 1.55. The predicted molar refractivity (Wildman–Crippen MR) is 78.0 cm³/mol. The number of pyridine rings is 1. The lowest BCUT2D eigenvalue weighted by Crippen LogP contribution is -2.27. The van der Waals surface area contributed by atoms with Crippen LogP contribution >= 0.6 is 0 Å². The Balaban J connectivity index is 1.91. The van der Waals surface area contributed by atoms with Crippen molar-refractivity contribution in [3.05, 3.63) is 59.8 Å². The van der Waals surface area contributed by atoms with Crippen molar-refractivity contribution in [2.24, 2.45) is 0 Å². The molecule has 4 nitrogen and oxygen atoms in total.